The molecule has 0 amide bonds. The number of nitrogens with zero attached hydrogens (tertiary/aromatic N) is 1. The van der Waals surface area contributed by atoms with Gasteiger partial charge < -0.3 is 9.88 Å². The minimum absolute atomic E-state index is 0.224. The van der Waals surface area contributed by atoms with Crippen molar-refractivity contribution in [1.82, 2.24) is 9.88 Å². The highest BCUT2D eigenvalue weighted by molar-refractivity contribution is 5.48. The molecule has 1 N–H and O–H groups in total. The Hall–Kier alpha value is -2.32. The monoisotopic (exact) mass is 288 g/mol. The van der Waals surface area contributed by atoms with Crippen molar-refractivity contribution in [1.29, 1.82) is 0 Å². The summed E-state index contributed by atoms with van der Waals surface area (Å²) in [4.78, 5) is 0. The summed E-state index contributed by atoms with van der Waals surface area (Å²) in [6.07, 6.45) is 2.17. The molecular weight excluding hydrogens is 268 g/mol. The van der Waals surface area contributed by atoms with Crippen LogP contribution in [0.2, 0.25) is 0 Å². The normalized spacial score (nSPS) is 16.7. The third-order valence-corrected chi connectivity index (χ3v) is 4.57. The zero-order chi connectivity index (χ0) is 15.1. The Bertz CT molecular complexity index is 829. The molecule has 0 unspecified atom stereocenters. The standard InChI is InChI=1S/C20H20N2/c1-14-9-10-15(2)17(12-14)20-19-8-5-11-22(19)18-7-4-3-6-16(18)13-21-20/h3-12,20-21H,13H2,1-2H3/t20-/m1/s1. The van der Waals surface area contributed by atoms with Crippen molar-refractivity contribution in [2.75, 3.05) is 0 Å². The predicted octanol–water partition coefficient (Wildman–Crippen LogP) is 4.29. The Morgan fingerprint density at radius 3 is 2.77 bits per heavy atom. The number of hydrogen-bond acceptors (Lipinski definition) is 1. The largest absolute Gasteiger partial charge is 0.319 e. The van der Waals surface area contributed by atoms with E-state index in [9.17, 15) is 0 Å². The van der Waals surface area contributed by atoms with E-state index in [1.807, 2.05) is 0 Å². The summed E-state index contributed by atoms with van der Waals surface area (Å²) in [5, 5.41) is 3.74. The lowest BCUT2D eigenvalue weighted by Crippen LogP contribution is -2.22. The third-order valence-electron chi connectivity index (χ3n) is 4.57. The summed E-state index contributed by atoms with van der Waals surface area (Å²) in [6, 6.07) is 19.9. The molecule has 1 aliphatic rings. The van der Waals surface area contributed by atoms with Crippen LogP contribution in [-0.2, 0) is 6.54 Å². The fourth-order valence-electron chi connectivity index (χ4n) is 3.40. The van der Waals surface area contributed by atoms with Gasteiger partial charge in [-0.25, -0.2) is 0 Å². The van der Waals surface area contributed by atoms with Crippen LogP contribution in [0.4, 0.5) is 0 Å². The number of para-hydroxylation sites is 1. The van der Waals surface area contributed by atoms with Gasteiger partial charge in [0.2, 0.25) is 0 Å². The molecule has 0 aliphatic carbocycles. The number of aryl methyl sites for hydroxylation is 2. The molecule has 2 aromatic carbocycles. The van der Waals surface area contributed by atoms with Crippen molar-refractivity contribution >= 4 is 0 Å². The summed E-state index contributed by atoms with van der Waals surface area (Å²) in [5.41, 5.74) is 7.94. The summed E-state index contributed by atoms with van der Waals surface area (Å²) in [7, 11) is 0. The second kappa shape index (κ2) is 5.15. The smallest absolute Gasteiger partial charge is 0.0740 e. The van der Waals surface area contributed by atoms with Crippen molar-refractivity contribution < 1.29 is 0 Å². The maximum absolute atomic E-state index is 3.74. The Morgan fingerprint density at radius 2 is 1.86 bits per heavy atom. The molecule has 110 valence electrons. The van der Waals surface area contributed by atoms with Gasteiger partial charge in [0.15, 0.2) is 0 Å². The lowest BCUT2D eigenvalue weighted by atomic mass is 9.96. The Balaban J connectivity index is 1.90. The second-order valence-corrected chi connectivity index (χ2v) is 6.11. The van der Waals surface area contributed by atoms with Crippen molar-refractivity contribution in [2.45, 2.75) is 26.4 Å². The Labute approximate surface area is 131 Å². The summed E-state index contributed by atoms with van der Waals surface area (Å²) in [5.74, 6) is 0. The molecule has 2 heterocycles. The van der Waals surface area contributed by atoms with Crippen LogP contribution >= 0.6 is 0 Å². The zero-order valence-corrected chi connectivity index (χ0v) is 13.0. The Morgan fingerprint density at radius 1 is 1.00 bits per heavy atom. The highest BCUT2D eigenvalue weighted by Gasteiger charge is 2.23. The van der Waals surface area contributed by atoms with E-state index in [0.717, 1.165) is 6.54 Å². The highest BCUT2D eigenvalue weighted by atomic mass is 15.1. The fraction of sp³-hybridized carbons (Fsp3) is 0.200. The number of hydrogen-bond donors (Lipinski definition) is 1. The number of fused-ring (bicyclic) bond motifs is 3. The first-order chi connectivity index (χ1) is 10.7. The average Bonchev–Trinajstić information content (AvgIpc) is 2.95. The minimum atomic E-state index is 0.224. The van der Waals surface area contributed by atoms with Gasteiger partial charge >= 0.3 is 0 Å². The van der Waals surface area contributed by atoms with Gasteiger partial charge in [0.1, 0.15) is 0 Å². The first-order valence-electron chi connectivity index (χ1n) is 7.80. The topological polar surface area (TPSA) is 17.0 Å². The van der Waals surface area contributed by atoms with Gasteiger partial charge in [0.25, 0.3) is 0 Å². The number of nitrogens with one attached hydrogen (secondary N) is 1. The van der Waals surface area contributed by atoms with Crippen molar-refractivity contribution in [3.05, 3.63) is 88.7 Å². The summed E-state index contributed by atoms with van der Waals surface area (Å²) >= 11 is 0. The molecule has 1 aromatic heterocycles. The van der Waals surface area contributed by atoms with Crippen LogP contribution in [0.3, 0.4) is 0 Å². The molecule has 2 heteroatoms. The quantitative estimate of drug-likeness (QED) is 0.707. The van der Waals surface area contributed by atoms with Crippen molar-refractivity contribution in [2.24, 2.45) is 0 Å². The van der Waals surface area contributed by atoms with E-state index >= 15 is 0 Å². The number of benzene rings is 2. The first-order valence-corrected chi connectivity index (χ1v) is 7.80. The molecule has 1 aliphatic heterocycles. The van der Waals surface area contributed by atoms with Crippen molar-refractivity contribution in [3.8, 4) is 5.69 Å². The van der Waals surface area contributed by atoms with Crippen LogP contribution < -0.4 is 5.32 Å². The van der Waals surface area contributed by atoms with E-state index in [0.29, 0.717) is 0 Å². The van der Waals surface area contributed by atoms with Gasteiger partial charge in [-0.3, -0.25) is 0 Å². The maximum Gasteiger partial charge on any atom is 0.0740 e. The second-order valence-electron chi connectivity index (χ2n) is 6.11. The van der Waals surface area contributed by atoms with Crippen LogP contribution in [0.5, 0.6) is 0 Å². The van der Waals surface area contributed by atoms with Crippen LogP contribution in [0.25, 0.3) is 5.69 Å². The van der Waals surface area contributed by atoms with E-state index < -0.39 is 0 Å². The fourth-order valence-corrected chi connectivity index (χ4v) is 3.40. The predicted molar refractivity (Wildman–Crippen MR) is 90.4 cm³/mol. The minimum Gasteiger partial charge on any atom is -0.319 e. The number of aromatic nitrogens is 1. The molecule has 0 saturated heterocycles. The average molecular weight is 288 g/mol. The number of rotatable bonds is 1. The molecule has 4 rings (SSSR count). The van der Waals surface area contributed by atoms with E-state index in [1.165, 1.54) is 33.6 Å². The highest BCUT2D eigenvalue weighted by Crippen LogP contribution is 2.32. The summed E-state index contributed by atoms with van der Waals surface area (Å²) in [6.45, 7) is 5.24. The molecule has 0 spiro atoms. The molecule has 0 radical (unpaired) electrons. The van der Waals surface area contributed by atoms with E-state index in [2.05, 4.69) is 84.5 Å². The molecule has 0 fully saturated rings. The molecule has 3 aromatic rings. The van der Waals surface area contributed by atoms with Crippen LogP contribution in [0.1, 0.15) is 34.0 Å². The van der Waals surface area contributed by atoms with E-state index in [-0.39, 0.29) is 6.04 Å². The first kappa shape index (κ1) is 13.4. The van der Waals surface area contributed by atoms with Crippen LogP contribution in [0, 0.1) is 13.8 Å². The van der Waals surface area contributed by atoms with Crippen LogP contribution in [-0.4, -0.2) is 4.57 Å². The van der Waals surface area contributed by atoms with Gasteiger partial charge in [0, 0.05) is 24.1 Å². The van der Waals surface area contributed by atoms with E-state index in [4.69, 9.17) is 0 Å². The molecular formula is C20H20N2. The van der Waals surface area contributed by atoms with Crippen LogP contribution in [0.15, 0.2) is 60.8 Å². The summed E-state index contributed by atoms with van der Waals surface area (Å²) < 4.78 is 2.32. The van der Waals surface area contributed by atoms with Crippen molar-refractivity contribution in [3.63, 3.8) is 0 Å². The zero-order valence-electron chi connectivity index (χ0n) is 13.0. The molecule has 2 nitrogen and oxygen atoms in total. The lowest BCUT2D eigenvalue weighted by molar-refractivity contribution is 0.598. The maximum atomic E-state index is 3.74. The molecule has 22 heavy (non-hydrogen) atoms. The SMILES string of the molecule is Cc1ccc(C)c([C@H]2NCc3ccccc3-n3cccc32)c1. The van der Waals surface area contributed by atoms with Gasteiger partial charge in [0.05, 0.1) is 6.04 Å². The molecule has 0 bridgehead atoms. The van der Waals surface area contributed by atoms with Gasteiger partial charge in [-0.2, -0.15) is 0 Å². The molecule has 0 saturated carbocycles. The van der Waals surface area contributed by atoms with Gasteiger partial charge in [-0.15, -0.1) is 0 Å². The van der Waals surface area contributed by atoms with Gasteiger partial charge in [-0.05, 0) is 48.7 Å². The van der Waals surface area contributed by atoms with Gasteiger partial charge in [-0.1, -0.05) is 42.0 Å². The lowest BCUT2D eigenvalue weighted by Gasteiger charge is -2.20. The Kier molecular flexibility index (Phi) is 3.12. The molecule has 1 atom stereocenters. The van der Waals surface area contributed by atoms with E-state index in [1.54, 1.807) is 0 Å². The third kappa shape index (κ3) is 2.08.